The lowest BCUT2D eigenvalue weighted by molar-refractivity contribution is 1.18. The molecule has 2 heterocycles. The maximum Gasteiger partial charge on any atom is 0.0979 e. The van der Waals surface area contributed by atoms with Crippen LogP contribution in [-0.2, 0) is 0 Å². The Hall–Kier alpha value is -7.56. The molecule has 0 N–H and O–H groups in total. The number of para-hydroxylation sites is 3. The summed E-state index contributed by atoms with van der Waals surface area (Å²) in [7, 11) is 0. The maximum absolute atomic E-state index is 5.22. The van der Waals surface area contributed by atoms with Gasteiger partial charge in [-0.2, -0.15) is 0 Å². The average Bonchev–Trinajstić information content (AvgIpc) is 3.62. The summed E-state index contributed by atoms with van der Waals surface area (Å²) in [5, 5.41) is 7.17. The van der Waals surface area contributed by atoms with E-state index in [0.717, 1.165) is 55.8 Å². The van der Waals surface area contributed by atoms with Gasteiger partial charge < -0.3 is 9.47 Å². The number of anilines is 3. The summed E-state index contributed by atoms with van der Waals surface area (Å²) in [6, 6.07) is 71.2. The molecule has 11 aromatic rings. The molecule has 56 heavy (non-hydrogen) atoms. The number of rotatable bonds is 6. The Balaban J connectivity index is 0.923. The lowest BCUT2D eigenvalue weighted by atomic mass is 9.99. The summed E-state index contributed by atoms with van der Waals surface area (Å²) in [4.78, 5) is 12.5. The van der Waals surface area contributed by atoms with Gasteiger partial charge in [-0.25, -0.2) is 4.98 Å². The fourth-order valence-corrected chi connectivity index (χ4v) is 8.37. The van der Waals surface area contributed by atoms with Crippen molar-refractivity contribution in [2.24, 2.45) is 0 Å². The zero-order valence-electron chi connectivity index (χ0n) is 30.4. The van der Waals surface area contributed by atoms with E-state index in [1.807, 2.05) is 6.20 Å². The lowest BCUT2D eigenvalue weighted by Crippen LogP contribution is -2.09. The molecule has 0 spiro atoms. The predicted molar refractivity (Wildman–Crippen MR) is 234 cm³/mol. The van der Waals surface area contributed by atoms with Gasteiger partial charge in [-0.05, 0) is 82.6 Å². The highest BCUT2D eigenvalue weighted by Crippen LogP contribution is 2.38. The molecule has 4 nitrogen and oxygen atoms in total. The Morgan fingerprint density at radius 1 is 0.339 bits per heavy atom. The van der Waals surface area contributed by atoms with E-state index in [2.05, 4.69) is 210 Å². The van der Waals surface area contributed by atoms with Gasteiger partial charge >= 0.3 is 0 Å². The molecule has 0 radical (unpaired) electrons. The average molecular weight is 715 g/mol. The summed E-state index contributed by atoms with van der Waals surface area (Å²) in [6.45, 7) is 0. The van der Waals surface area contributed by atoms with Crippen LogP contribution in [0.15, 0.2) is 206 Å². The monoisotopic (exact) mass is 714 g/mol. The Labute approximate surface area is 324 Å². The fourth-order valence-electron chi connectivity index (χ4n) is 8.37. The van der Waals surface area contributed by atoms with Gasteiger partial charge in [0.1, 0.15) is 0 Å². The van der Waals surface area contributed by atoms with Crippen molar-refractivity contribution in [3.8, 4) is 28.1 Å². The van der Waals surface area contributed by atoms with E-state index in [0.29, 0.717) is 0 Å². The minimum atomic E-state index is 0.851. The number of hydrogen-bond donors (Lipinski definition) is 0. The zero-order chi connectivity index (χ0) is 37.0. The molecule has 11 rings (SSSR count). The van der Waals surface area contributed by atoms with Crippen LogP contribution in [0.4, 0.5) is 17.1 Å². The van der Waals surface area contributed by atoms with Crippen molar-refractivity contribution in [1.82, 2.24) is 14.5 Å². The first-order chi connectivity index (χ1) is 27.8. The second-order valence-electron chi connectivity index (χ2n) is 14.2. The van der Waals surface area contributed by atoms with Crippen LogP contribution in [-0.4, -0.2) is 14.5 Å². The predicted octanol–water partition coefficient (Wildman–Crippen LogP) is 13.8. The van der Waals surface area contributed by atoms with Gasteiger partial charge in [-0.3, -0.25) is 4.98 Å². The second-order valence-corrected chi connectivity index (χ2v) is 14.2. The second kappa shape index (κ2) is 13.1. The van der Waals surface area contributed by atoms with E-state index in [1.54, 1.807) is 0 Å². The largest absolute Gasteiger partial charge is 0.311 e. The number of nitrogens with zero attached hydrogens (tertiary/aromatic N) is 4. The molecule has 4 heteroatoms. The quantitative estimate of drug-likeness (QED) is 0.161. The number of benzene rings is 9. The van der Waals surface area contributed by atoms with Crippen LogP contribution in [0.2, 0.25) is 0 Å². The van der Waals surface area contributed by atoms with Crippen LogP contribution < -0.4 is 4.90 Å². The molecule has 0 aliphatic heterocycles. The third kappa shape index (κ3) is 5.23. The molecular weight excluding hydrogens is 681 g/mol. The fraction of sp³-hybridized carbons (Fsp3) is 0. The van der Waals surface area contributed by atoms with Gasteiger partial charge in [-0.1, -0.05) is 140 Å². The Morgan fingerprint density at radius 2 is 0.768 bits per heavy atom. The molecule has 0 fully saturated rings. The van der Waals surface area contributed by atoms with Gasteiger partial charge in [0.15, 0.2) is 0 Å². The zero-order valence-corrected chi connectivity index (χ0v) is 30.4. The third-order valence-corrected chi connectivity index (χ3v) is 11.0. The van der Waals surface area contributed by atoms with Crippen molar-refractivity contribution in [2.45, 2.75) is 0 Å². The van der Waals surface area contributed by atoms with Crippen molar-refractivity contribution in [3.63, 3.8) is 0 Å². The van der Waals surface area contributed by atoms with E-state index in [-0.39, 0.29) is 0 Å². The van der Waals surface area contributed by atoms with Gasteiger partial charge in [0.25, 0.3) is 0 Å². The van der Waals surface area contributed by atoms with Crippen LogP contribution in [0.3, 0.4) is 0 Å². The number of fused-ring (bicyclic) bond motifs is 9. The van der Waals surface area contributed by atoms with Gasteiger partial charge in [0.2, 0.25) is 0 Å². The lowest BCUT2D eigenvalue weighted by Gasteiger charge is -2.26. The summed E-state index contributed by atoms with van der Waals surface area (Å²) in [5.74, 6) is 0. The summed E-state index contributed by atoms with van der Waals surface area (Å²) in [5.41, 5.74) is 12.9. The van der Waals surface area contributed by atoms with E-state index in [9.17, 15) is 0 Å². The molecule has 0 atom stereocenters. The Morgan fingerprint density at radius 3 is 1.34 bits per heavy atom. The molecule has 262 valence electrons. The smallest absolute Gasteiger partial charge is 0.0979 e. The normalized spacial score (nSPS) is 11.6. The molecule has 0 aliphatic rings. The first-order valence-corrected chi connectivity index (χ1v) is 19.0. The summed E-state index contributed by atoms with van der Waals surface area (Å²) >= 11 is 0. The first kappa shape index (κ1) is 31.9. The molecular formula is C52H34N4. The van der Waals surface area contributed by atoms with Gasteiger partial charge in [0, 0.05) is 49.9 Å². The standard InChI is InChI=1S/C52H34N4/c1-2-12-38(13-3-1)55(40-32-26-37(27-33-40)48-34-53-51-46-18-6-4-14-42(46)43-15-5-7-19-47(43)52(51)54-48)39-28-22-35(23-29-39)36-24-30-41(31-25-36)56-49-20-10-8-16-44(49)45-17-9-11-21-50(45)56/h1-34H. The molecule has 0 aliphatic carbocycles. The molecule has 0 bridgehead atoms. The van der Waals surface area contributed by atoms with Crippen molar-refractivity contribution >= 4 is 71.4 Å². The molecule has 2 aromatic heterocycles. The number of aromatic nitrogens is 3. The maximum atomic E-state index is 5.22. The molecule has 9 aromatic carbocycles. The van der Waals surface area contributed by atoms with E-state index in [4.69, 9.17) is 9.97 Å². The van der Waals surface area contributed by atoms with Crippen molar-refractivity contribution in [1.29, 1.82) is 0 Å². The summed E-state index contributed by atoms with van der Waals surface area (Å²) in [6.07, 6.45) is 1.90. The van der Waals surface area contributed by atoms with Crippen molar-refractivity contribution in [3.05, 3.63) is 206 Å². The molecule has 0 amide bonds. The molecule has 0 saturated carbocycles. The van der Waals surface area contributed by atoms with Gasteiger partial charge in [-0.15, -0.1) is 0 Å². The van der Waals surface area contributed by atoms with E-state index < -0.39 is 0 Å². The Kier molecular flexibility index (Phi) is 7.46. The van der Waals surface area contributed by atoms with Crippen LogP contribution in [0.5, 0.6) is 0 Å². The minimum absolute atomic E-state index is 0.851. The third-order valence-electron chi connectivity index (χ3n) is 11.0. The summed E-state index contributed by atoms with van der Waals surface area (Å²) < 4.78 is 2.36. The SMILES string of the molecule is c1ccc(N(c2ccc(-c3ccc(-n4c5ccccc5c5ccccc54)cc3)cc2)c2ccc(-c3cnc4c5ccccc5c5ccccc5c4n3)cc2)cc1. The highest BCUT2D eigenvalue weighted by Gasteiger charge is 2.16. The highest BCUT2D eigenvalue weighted by molar-refractivity contribution is 6.23. The minimum Gasteiger partial charge on any atom is -0.311 e. The molecule has 0 unspecified atom stereocenters. The molecule has 0 saturated heterocycles. The van der Waals surface area contributed by atoms with Crippen LogP contribution in [0, 0.1) is 0 Å². The first-order valence-electron chi connectivity index (χ1n) is 19.0. The van der Waals surface area contributed by atoms with E-state index in [1.165, 1.54) is 43.7 Å². The van der Waals surface area contributed by atoms with Crippen molar-refractivity contribution in [2.75, 3.05) is 4.90 Å². The highest BCUT2D eigenvalue weighted by atomic mass is 15.1. The number of hydrogen-bond acceptors (Lipinski definition) is 3. The van der Waals surface area contributed by atoms with Crippen molar-refractivity contribution < 1.29 is 0 Å². The van der Waals surface area contributed by atoms with Crippen LogP contribution >= 0.6 is 0 Å². The van der Waals surface area contributed by atoms with Crippen LogP contribution in [0.25, 0.3) is 82.5 Å². The van der Waals surface area contributed by atoms with Gasteiger partial charge in [0.05, 0.1) is 34.0 Å². The Bertz CT molecular complexity index is 3130. The van der Waals surface area contributed by atoms with Crippen LogP contribution in [0.1, 0.15) is 0 Å². The van der Waals surface area contributed by atoms with E-state index >= 15 is 0 Å². The topological polar surface area (TPSA) is 34.0 Å².